The summed E-state index contributed by atoms with van der Waals surface area (Å²) in [5.41, 5.74) is 4.08. The molecule has 0 radical (unpaired) electrons. The maximum Gasteiger partial charge on any atom is 0.133 e. The van der Waals surface area contributed by atoms with E-state index in [1.54, 1.807) is 6.07 Å². The van der Waals surface area contributed by atoms with Crippen molar-refractivity contribution in [1.82, 2.24) is 9.97 Å². The van der Waals surface area contributed by atoms with E-state index in [1.165, 1.54) is 6.33 Å². The lowest BCUT2D eigenvalue weighted by Gasteiger charge is -2.15. The molecule has 0 aliphatic heterocycles. The van der Waals surface area contributed by atoms with Crippen LogP contribution >= 0.6 is 0 Å². The minimum atomic E-state index is -0.222. The van der Waals surface area contributed by atoms with Crippen molar-refractivity contribution in [3.8, 4) is 11.3 Å². The van der Waals surface area contributed by atoms with E-state index >= 15 is 0 Å². The Bertz CT molecular complexity index is 600. The van der Waals surface area contributed by atoms with Gasteiger partial charge in [0.15, 0.2) is 0 Å². The summed E-state index contributed by atoms with van der Waals surface area (Å²) >= 11 is 0. The fourth-order valence-corrected chi connectivity index (χ4v) is 2.55. The fraction of sp³-hybridized carbons (Fsp3) is 0.375. The Morgan fingerprint density at radius 1 is 1.20 bits per heavy atom. The zero-order valence-electron chi connectivity index (χ0n) is 12.4. The van der Waals surface area contributed by atoms with Crippen molar-refractivity contribution >= 4 is 5.82 Å². The molecule has 0 unspecified atom stereocenters. The molecule has 0 amide bonds. The summed E-state index contributed by atoms with van der Waals surface area (Å²) in [7, 11) is 1.82. The van der Waals surface area contributed by atoms with Gasteiger partial charge in [-0.1, -0.05) is 19.4 Å². The molecule has 0 aliphatic carbocycles. The van der Waals surface area contributed by atoms with Gasteiger partial charge in [-0.25, -0.2) is 14.4 Å². The average Bonchev–Trinajstić information content (AvgIpc) is 2.39. The van der Waals surface area contributed by atoms with Crippen molar-refractivity contribution in [3.05, 3.63) is 41.0 Å². The minimum absolute atomic E-state index is 0.222. The molecule has 3 nitrogen and oxygen atoms in total. The van der Waals surface area contributed by atoms with Crippen molar-refractivity contribution in [1.29, 1.82) is 0 Å². The maximum absolute atomic E-state index is 14.4. The molecule has 1 aromatic carbocycles. The fourth-order valence-electron chi connectivity index (χ4n) is 2.55. The molecule has 2 aromatic rings. The lowest BCUT2D eigenvalue weighted by Crippen LogP contribution is -2.05. The van der Waals surface area contributed by atoms with Crippen LogP contribution in [0, 0.1) is 19.7 Å². The molecule has 1 heterocycles. The van der Waals surface area contributed by atoms with Gasteiger partial charge in [0.1, 0.15) is 18.0 Å². The van der Waals surface area contributed by atoms with Gasteiger partial charge in [-0.05, 0) is 37.5 Å². The SMILES string of the molecule is CCCc1c(NC)ncnc1-c1c(C)cc(C)cc1F. The smallest absolute Gasteiger partial charge is 0.133 e. The van der Waals surface area contributed by atoms with Gasteiger partial charge in [-0.15, -0.1) is 0 Å². The summed E-state index contributed by atoms with van der Waals surface area (Å²) in [6.07, 6.45) is 3.26. The molecule has 4 heteroatoms. The predicted molar refractivity (Wildman–Crippen MR) is 80.4 cm³/mol. The first-order valence-electron chi connectivity index (χ1n) is 6.87. The van der Waals surface area contributed by atoms with Gasteiger partial charge in [0.25, 0.3) is 0 Å². The van der Waals surface area contributed by atoms with E-state index in [9.17, 15) is 4.39 Å². The summed E-state index contributed by atoms with van der Waals surface area (Å²) in [5, 5.41) is 3.07. The van der Waals surface area contributed by atoms with Crippen LogP contribution in [0.5, 0.6) is 0 Å². The third-order valence-corrected chi connectivity index (χ3v) is 3.35. The van der Waals surface area contributed by atoms with Gasteiger partial charge >= 0.3 is 0 Å². The molecule has 0 saturated carbocycles. The van der Waals surface area contributed by atoms with Gasteiger partial charge in [-0.2, -0.15) is 0 Å². The first-order valence-corrected chi connectivity index (χ1v) is 6.87. The zero-order valence-corrected chi connectivity index (χ0v) is 12.4. The maximum atomic E-state index is 14.4. The highest BCUT2D eigenvalue weighted by molar-refractivity contribution is 5.71. The second-order valence-electron chi connectivity index (χ2n) is 4.99. The molecule has 0 fully saturated rings. The van der Waals surface area contributed by atoms with E-state index in [4.69, 9.17) is 0 Å². The Hall–Kier alpha value is -1.97. The monoisotopic (exact) mass is 273 g/mol. The van der Waals surface area contributed by atoms with Crippen LogP contribution in [-0.4, -0.2) is 17.0 Å². The van der Waals surface area contributed by atoms with Gasteiger partial charge < -0.3 is 5.32 Å². The van der Waals surface area contributed by atoms with Crippen molar-refractivity contribution in [2.45, 2.75) is 33.6 Å². The topological polar surface area (TPSA) is 37.8 Å². The molecule has 1 aromatic heterocycles. The summed E-state index contributed by atoms with van der Waals surface area (Å²) < 4.78 is 14.4. The Morgan fingerprint density at radius 2 is 1.95 bits per heavy atom. The average molecular weight is 273 g/mol. The number of anilines is 1. The quantitative estimate of drug-likeness (QED) is 0.918. The Labute approximate surface area is 119 Å². The highest BCUT2D eigenvalue weighted by atomic mass is 19.1. The lowest BCUT2D eigenvalue weighted by atomic mass is 9.97. The first-order chi connectivity index (χ1) is 9.58. The largest absolute Gasteiger partial charge is 0.373 e. The lowest BCUT2D eigenvalue weighted by molar-refractivity contribution is 0.628. The molecule has 0 aliphatic rings. The van der Waals surface area contributed by atoms with Gasteiger partial charge in [0.2, 0.25) is 0 Å². The van der Waals surface area contributed by atoms with Crippen LogP contribution in [0.25, 0.3) is 11.3 Å². The highest BCUT2D eigenvalue weighted by Gasteiger charge is 2.17. The van der Waals surface area contributed by atoms with Crippen LogP contribution in [0.3, 0.4) is 0 Å². The second kappa shape index (κ2) is 5.99. The molecule has 0 bridgehead atoms. The van der Waals surface area contributed by atoms with E-state index in [2.05, 4.69) is 22.2 Å². The number of halogens is 1. The normalized spacial score (nSPS) is 10.7. The molecule has 2 rings (SSSR count). The standard InChI is InChI=1S/C16H20FN3/c1-5-6-12-15(19-9-20-16(12)18-4)14-11(3)7-10(2)8-13(14)17/h7-9H,5-6H2,1-4H3,(H,18,19,20). The van der Waals surface area contributed by atoms with Crippen LogP contribution in [0.15, 0.2) is 18.5 Å². The van der Waals surface area contributed by atoms with Crippen molar-refractivity contribution in [2.24, 2.45) is 0 Å². The Morgan fingerprint density at radius 3 is 2.55 bits per heavy atom. The summed E-state index contributed by atoms with van der Waals surface area (Å²) in [6, 6.07) is 3.54. The first kappa shape index (κ1) is 14.4. The molecule has 0 atom stereocenters. The number of nitrogens with one attached hydrogen (secondary N) is 1. The van der Waals surface area contributed by atoms with Crippen molar-refractivity contribution in [2.75, 3.05) is 12.4 Å². The zero-order chi connectivity index (χ0) is 14.7. The van der Waals surface area contributed by atoms with Gasteiger partial charge in [-0.3, -0.25) is 0 Å². The molecular formula is C16H20FN3. The number of hydrogen-bond donors (Lipinski definition) is 1. The number of aryl methyl sites for hydroxylation is 2. The highest BCUT2D eigenvalue weighted by Crippen LogP contribution is 2.31. The minimum Gasteiger partial charge on any atom is -0.373 e. The molecule has 0 saturated heterocycles. The van der Waals surface area contributed by atoms with E-state index in [-0.39, 0.29) is 5.82 Å². The van der Waals surface area contributed by atoms with Crippen LogP contribution in [0.4, 0.5) is 10.2 Å². The predicted octanol–water partition coefficient (Wildman–Crippen LogP) is 3.89. The third kappa shape index (κ3) is 2.64. The summed E-state index contributed by atoms with van der Waals surface area (Å²) in [4.78, 5) is 8.57. The summed E-state index contributed by atoms with van der Waals surface area (Å²) in [5.74, 6) is 0.553. The number of aromatic nitrogens is 2. The Balaban J connectivity index is 2.69. The molecule has 20 heavy (non-hydrogen) atoms. The van der Waals surface area contributed by atoms with Crippen molar-refractivity contribution < 1.29 is 4.39 Å². The molecule has 0 spiro atoms. The number of benzene rings is 1. The number of hydrogen-bond acceptors (Lipinski definition) is 3. The van der Waals surface area contributed by atoms with Crippen molar-refractivity contribution in [3.63, 3.8) is 0 Å². The van der Waals surface area contributed by atoms with Crippen LogP contribution in [-0.2, 0) is 6.42 Å². The summed E-state index contributed by atoms with van der Waals surface area (Å²) in [6.45, 7) is 5.91. The van der Waals surface area contributed by atoms with E-state index in [0.717, 1.165) is 35.3 Å². The van der Waals surface area contributed by atoms with Crippen LogP contribution < -0.4 is 5.32 Å². The van der Waals surface area contributed by atoms with E-state index < -0.39 is 0 Å². The van der Waals surface area contributed by atoms with Gasteiger partial charge in [0.05, 0.1) is 5.69 Å². The van der Waals surface area contributed by atoms with Crippen LogP contribution in [0.2, 0.25) is 0 Å². The Kier molecular flexibility index (Phi) is 4.32. The number of nitrogens with zero attached hydrogens (tertiary/aromatic N) is 2. The van der Waals surface area contributed by atoms with E-state index in [0.29, 0.717) is 11.3 Å². The second-order valence-corrected chi connectivity index (χ2v) is 4.99. The molecular weight excluding hydrogens is 253 g/mol. The van der Waals surface area contributed by atoms with Gasteiger partial charge in [0, 0.05) is 18.2 Å². The molecule has 1 N–H and O–H groups in total. The third-order valence-electron chi connectivity index (χ3n) is 3.35. The molecule has 106 valence electrons. The van der Waals surface area contributed by atoms with E-state index in [1.807, 2.05) is 27.0 Å². The number of rotatable bonds is 4. The van der Waals surface area contributed by atoms with Crippen LogP contribution in [0.1, 0.15) is 30.0 Å².